The van der Waals surface area contributed by atoms with Crippen LogP contribution in [0.4, 0.5) is 23.2 Å². The van der Waals surface area contributed by atoms with Crippen molar-refractivity contribution in [2.45, 2.75) is 13.1 Å². The van der Waals surface area contributed by atoms with Crippen LogP contribution in [0, 0.1) is 22.9 Å². The van der Waals surface area contributed by atoms with Crippen LogP contribution in [-0.2, 0) is 6.18 Å². The molecule has 0 aromatic heterocycles. The van der Waals surface area contributed by atoms with Crippen molar-refractivity contribution in [3.8, 4) is 33.4 Å². The molecular weight excluding hydrogens is 576 g/mol. The van der Waals surface area contributed by atoms with Crippen molar-refractivity contribution in [3.05, 3.63) is 108 Å². The molecule has 0 saturated carbocycles. The Balaban J connectivity index is 2.22. The third kappa shape index (κ3) is 5.27. The van der Waals surface area contributed by atoms with Crippen molar-refractivity contribution in [2.75, 3.05) is 0 Å². The zero-order valence-electron chi connectivity index (χ0n) is 18.6. The van der Waals surface area contributed by atoms with E-state index in [1.165, 1.54) is 12.1 Å². The first kappa shape index (κ1) is 27.2. The van der Waals surface area contributed by atoms with Crippen molar-refractivity contribution in [3.63, 3.8) is 0 Å². The molecule has 0 radical (unpaired) electrons. The van der Waals surface area contributed by atoms with Crippen LogP contribution in [0.5, 0.6) is 0 Å². The number of non-ortho nitro benzene ring substituents is 1. The van der Waals surface area contributed by atoms with E-state index in [0.29, 0.717) is 0 Å². The summed E-state index contributed by atoms with van der Waals surface area (Å²) < 4.78 is 57.6. The molecule has 0 aliphatic carbocycles. The number of benzene rings is 4. The number of hydrogen-bond acceptors (Lipinski definition) is 2. The Labute approximate surface area is 228 Å². The lowest BCUT2D eigenvalue weighted by Gasteiger charge is -2.23. The number of hydrogen-bond donors (Lipinski definition) is 0. The molecule has 0 amide bonds. The molecule has 0 heterocycles. The fourth-order valence-corrected chi connectivity index (χ4v) is 5.18. The maximum absolute atomic E-state index is 14.6. The zero-order valence-corrected chi connectivity index (χ0v) is 21.6. The van der Waals surface area contributed by atoms with Gasteiger partial charge in [0.15, 0.2) is 0 Å². The van der Waals surface area contributed by atoms with Gasteiger partial charge in [-0.15, -0.1) is 0 Å². The summed E-state index contributed by atoms with van der Waals surface area (Å²) in [6.45, 7) is 1.76. The lowest BCUT2D eigenvalue weighted by molar-refractivity contribution is -0.384. The van der Waals surface area contributed by atoms with Crippen LogP contribution >= 0.6 is 46.4 Å². The minimum atomic E-state index is -4.93. The fraction of sp³-hybridized carbons (Fsp3) is 0.0769. The predicted molar refractivity (Wildman–Crippen MR) is 139 cm³/mol. The summed E-state index contributed by atoms with van der Waals surface area (Å²) >= 11 is 25.7. The molecule has 0 fully saturated rings. The highest BCUT2D eigenvalue weighted by Gasteiger charge is 2.38. The van der Waals surface area contributed by atoms with Gasteiger partial charge in [0.05, 0.1) is 25.6 Å². The summed E-state index contributed by atoms with van der Waals surface area (Å²) in [4.78, 5) is 10.5. The van der Waals surface area contributed by atoms with Crippen LogP contribution in [0.3, 0.4) is 0 Å². The van der Waals surface area contributed by atoms with Gasteiger partial charge in [0.25, 0.3) is 5.69 Å². The largest absolute Gasteiger partial charge is 0.417 e. The average molecular weight is 589 g/mol. The van der Waals surface area contributed by atoms with Crippen molar-refractivity contribution in [1.29, 1.82) is 0 Å². The van der Waals surface area contributed by atoms with E-state index in [9.17, 15) is 27.7 Å². The van der Waals surface area contributed by atoms with Crippen molar-refractivity contribution < 1.29 is 22.5 Å². The Hall–Kier alpha value is -2.84. The van der Waals surface area contributed by atoms with Gasteiger partial charge in [-0.3, -0.25) is 10.1 Å². The molecule has 190 valence electrons. The highest BCUT2D eigenvalue weighted by molar-refractivity contribution is 6.41. The second-order valence-electron chi connectivity index (χ2n) is 8.06. The van der Waals surface area contributed by atoms with Gasteiger partial charge in [-0.05, 0) is 48.9 Å². The van der Waals surface area contributed by atoms with Gasteiger partial charge in [-0.1, -0.05) is 58.5 Å². The molecule has 0 N–H and O–H groups in total. The van der Waals surface area contributed by atoms with E-state index in [0.717, 1.165) is 42.0 Å². The summed E-state index contributed by atoms with van der Waals surface area (Å²) in [5.74, 6) is -0.758. The van der Waals surface area contributed by atoms with Crippen molar-refractivity contribution >= 4 is 52.1 Å². The monoisotopic (exact) mass is 587 g/mol. The normalized spacial score (nSPS) is 11.6. The molecule has 0 unspecified atom stereocenters. The van der Waals surface area contributed by atoms with Crippen LogP contribution in [0.25, 0.3) is 33.4 Å². The van der Waals surface area contributed by atoms with E-state index >= 15 is 0 Å². The summed E-state index contributed by atoms with van der Waals surface area (Å²) in [7, 11) is 0. The number of nitro benzene ring substituents is 1. The van der Waals surface area contributed by atoms with Gasteiger partial charge in [0.2, 0.25) is 0 Å². The molecule has 0 aliphatic heterocycles. The van der Waals surface area contributed by atoms with Gasteiger partial charge < -0.3 is 0 Å². The summed E-state index contributed by atoms with van der Waals surface area (Å²) in [6, 6.07) is 11.8. The third-order valence-corrected chi connectivity index (χ3v) is 6.95. The molecule has 37 heavy (non-hydrogen) atoms. The van der Waals surface area contributed by atoms with Crippen LogP contribution in [0.1, 0.15) is 11.1 Å². The first-order valence-electron chi connectivity index (χ1n) is 10.4. The molecule has 0 aliphatic rings. The van der Waals surface area contributed by atoms with Gasteiger partial charge in [-0.2, -0.15) is 13.2 Å². The maximum atomic E-state index is 14.6. The molecule has 4 aromatic carbocycles. The maximum Gasteiger partial charge on any atom is 0.417 e. The minimum Gasteiger partial charge on any atom is -0.258 e. The third-order valence-electron chi connectivity index (χ3n) is 5.62. The first-order chi connectivity index (χ1) is 17.3. The topological polar surface area (TPSA) is 43.1 Å². The molecular formula is C26H13Cl4F4NO2. The van der Waals surface area contributed by atoms with E-state index < -0.39 is 28.0 Å². The number of rotatable bonds is 4. The smallest absolute Gasteiger partial charge is 0.258 e. The molecule has 11 heteroatoms. The molecule has 4 rings (SSSR count). The lowest BCUT2D eigenvalue weighted by atomic mass is 9.86. The fourth-order valence-electron chi connectivity index (χ4n) is 3.96. The number of alkyl halides is 3. The highest BCUT2D eigenvalue weighted by Crippen LogP contribution is 2.52. The second kappa shape index (κ2) is 10.1. The van der Waals surface area contributed by atoms with Crippen LogP contribution < -0.4 is 0 Å². The zero-order chi connectivity index (χ0) is 27.2. The van der Waals surface area contributed by atoms with E-state index in [2.05, 4.69) is 0 Å². The minimum absolute atomic E-state index is 0.0248. The van der Waals surface area contributed by atoms with Gasteiger partial charge in [-0.25, -0.2) is 4.39 Å². The number of nitrogens with zero attached hydrogens (tertiary/aromatic N) is 1. The van der Waals surface area contributed by atoms with Crippen LogP contribution in [-0.4, -0.2) is 4.92 Å². The standard InChI is InChI=1S/C26H13Cl4F4NO2/c1-12-2-5-15(20(27)8-12)18-11-19(26(32,33)34)23(16-6-3-13(31)9-21(16)28)24(25(18)30)17-7-4-14(35(36)37)10-22(17)29/h2-11H,1H3. The van der Waals surface area contributed by atoms with Gasteiger partial charge >= 0.3 is 6.18 Å². The molecule has 3 nitrogen and oxygen atoms in total. The predicted octanol–water partition coefficient (Wildman–Crippen LogP) is 10.7. The number of halogens is 8. The van der Waals surface area contributed by atoms with E-state index in [4.69, 9.17) is 46.4 Å². The Morgan fingerprint density at radius 3 is 1.86 bits per heavy atom. The summed E-state index contributed by atoms with van der Waals surface area (Å²) in [5.41, 5.74) is -1.42. The average Bonchev–Trinajstić information content (AvgIpc) is 2.79. The van der Waals surface area contributed by atoms with Gasteiger partial charge in [0, 0.05) is 50.5 Å². The quantitative estimate of drug-likeness (QED) is 0.135. The number of aryl methyl sites for hydroxylation is 1. The number of nitro groups is 1. The van der Waals surface area contributed by atoms with Crippen molar-refractivity contribution in [2.24, 2.45) is 0 Å². The summed E-state index contributed by atoms with van der Waals surface area (Å²) in [6.07, 6.45) is -4.93. The summed E-state index contributed by atoms with van der Waals surface area (Å²) in [5, 5.41) is 10.7. The Kier molecular flexibility index (Phi) is 7.45. The molecule has 0 bridgehead atoms. The van der Waals surface area contributed by atoms with E-state index in [1.54, 1.807) is 19.1 Å². The van der Waals surface area contributed by atoms with Gasteiger partial charge in [0.1, 0.15) is 5.82 Å². The van der Waals surface area contributed by atoms with E-state index in [1.807, 2.05) is 0 Å². The van der Waals surface area contributed by atoms with E-state index in [-0.39, 0.29) is 53.6 Å². The molecule has 0 saturated heterocycles. The lowest BCUT2D eigenvalue weighted by Crippen LogP contribution is -2.10. The SMILES string of the molecule is Cc1ccc(-c2cc(C(F)(F)F)c(-c3ccc(F)cc3Cl)c(-c3ccc([N+](=O)[O-])cc3Cl)c2Cl)c(Cl)c1. The van der Waals surface area contributed by atoms with Crippen LogP contribution in [0.15, 0.2) is 60.7 Å². The molecule has 4 aromatic rings. The van der Waals surface area contributed by atoms with Crippen molar-refractivity contribution in [1.82, 2.24) is 0 Å². The first-order valence-corrected chi connectivity index (χ1v) is 11.9. The second-order valence-corrected chi connectivity index (χ2v) is 9.66. The molecule has 0 atom stereocenters. The Morgan fingerprint density at radius 2 is 1.30 bits per heavy atom. The Morgan fingerprint density at radius 1 is 0.730 bits per heavy atom. The molecule has 0 spiro atoms. The Bertz CT molecular complexity index is 1570. The van der Waals surface area contributed by atoms with Crippen LogP contribution in [0.2, 0.25) is 20.1 Å². The highest BCUT2D eigenvalue weighted by atomic mass is 35.5.